The number of aryl methyl sites for hydroxylation is 1. The zero-order valence-electron chi connectivity index (χ0n) is 17.7. The Kier molecular flexibility index (Phi) is 6.60. The molecule has 0 saturated carbocycles. The lowest BCUT2D eigenvalue weighted by Gasteiger charge is -2.18. The molecule has 32 heavy (non-hydrogen) atoms. The zero-order chi connectivity index (χ0) is 22.3. The summed E-state index contributed by atoms with van der Waals surface area (Å²) in [4.78, 5) is 39.0. The number of para-hydroxylation sites is 1. The zero-order valence-corrected chi connectivity index (χ0v) is 17.7. The Labute approximate surface area is 185 Å². The Morgan fingerprint density at radius 3 is 2.09 bits per heavy atom. The summed E-state index contributed by atoms with van der Waals surface area (Å²) >= 11 is 0. The van der Waals surface area contributed by atoms with Crippen LogP contribution in [0.2, 0.25) is 0 Å². The van der Waals surface area contributed by atoms with Crippen molar-refractivity contribution >= 4 is 16.8 Å². The van der Waals surface area contributed by atoms with Crippen molar-refractivity contribution in [2.24, 2.45) is 0 Å². The molecule has 6 heteroatoms. The Morgan fingerprint density at radius 2 is 1.44 bits per heavy atom. The number of hydrogen-bond acceptors (Lipinski definition) is 3. The molecule has 0 bridgehead atoms. The predicted octanol–water partition coefficient (Wildman–Crippen LogP) is 3.42. The molecule has 1 heterocycles. The van der Waals surface area contributed by atoms with Crippen LogP contribution in [0.4, 0.5) is 0 Å². The summed E-state index contributed by atoms with van der Waals surface area (Å²) in [7, 11) is 0. The Hall–Kier alpha value is -3.93. The number of amides is 1. The largest absolute Gasteiger partial charge is 0.356 e. The van der Waals surface area contributed by atoms with Gasteiger partial charge < -0.3 is 5.32 Å². The number of carbonyl (C=O) groups is 1. The van der Waals surface area contributed by atoms with Gasteiger partial charge in [-0.05, 0) is 29.7 Å². The predicted molar refractivity (Wildman–Crippen MR) is 126 cm³/mol. The number of H-pyrrole nitrogens is 1. The average Bonchev–Trinajstić information content (AvgIpc) is 2.83. The fraction of sp³-hybridized carbons (Fsp3) is 0.192. The first-order valence-corrected chi connectivity index (χ1v) is 10.7. The highest BCUT2D eigenvalue weighted by molar-refractivity contribution is 5.78. The molecule has 4 rings (SSSR count). The van der Waals surface area contributed by atoms with Crippen LogP contribution in [0.3, 0.4) is 0 Å². The van der Waals surface area contributed by atoms with Gasteiger partial charge in [0, 0.05) is 25.4 Å². The van der Waals surface area contributed by atoms with Crippen molar-refractivity contribution in [2.75, 3.05) is 6.54 Å². The first kappa shape index (κ1) is 21.3. The number of nitrogens with one attached hydrogen (secondary N) is 2. The van der Waals surface area contributed by atoms with Crippen LogP contribution >= 0.6 is 0 Å². The van der Waals surface area contributed by atoms with E-state index in [1.807, 2.05) is 36.4 Å². The summed E-state index contributed by atoms with van der Waals surface area (Å²) in [5, 5.41) is 3.41. The van der Waals surface area contributed by atoms with E-state index in [0.717, 1.165) is 6.42 Å². The van der Waals surface area contributed by atoms with Gasteiger partial charge in [-0.15, -0.1) is 0 Å². The molecule has 2 N–H and O–H groups in total. The second-order valence-corrected chi connectivity index (χ2v) is 7.69. The van der Waals surface area contributed by atoms with E-state index in [4.69, 9.17) is 0 Å². The van der Waals surface area contributed by atoms with Crippen LogP contribution in [-0.4, -0.2) is 22.0 Å². The maximum absolute atomic E-state index is 12.5. The van der Waals surface area contributed by atoms with E-state index >= 15 is 0 Å². The normalized spacial score (nSPS) is 11.0. The molecule has 1 amide bonds. The van der Waals surface area contributed by atoms with Crippen LogP contribution in [0.15, 0.2) is 94.5 Å². The van der Waals surface area contributed by atoms with Crippen molar-refractivity contribution in [1.29, 1.82) is 0 Å². The van der Waals surface area contributed by atoms with Crippen molar-refractivity contribution in [3.8, 4) is 0 Å². The van der Waals surface area contributed by atoms with Gasteiger partial charge in [-0.2, -0.15) is 0 Å². The number of carbonyl (C=O) groups excluding carboxylic acids is 1. The molecule has 0 aliphatic carbocycles. The van der Waals surface area contributed by atoms with Gasteiger partial charge in [0.15, 0.2) is 0 Å². The van der Waals surface area contributed by atoms with E-state index in [1.165, 1.54) is 15.7 Å². The molecule has 0 atom stereocenters. The second kappa shape index (κ2) is 9.92. The number of aromatic nitrogens is 2. The van der Waals surface area contributed by atoms with Crippen LogP contribution in [0, 0.1) is 0 Å². The lowest BCUT2D eigenvalue weighted by Crippen LogP contribution is -2.33. The smallest absolute Gasteiger partial charge is 0.328 e. The van der Waals surface area contributed by atoms with E-state index in [1.54, 1.807) is 24.3 Å². The number of aromatic amines is 1. The van der Waals surface area contributed by atoms with E-state index in [2.05, 4.69) is 34.6 Å². The average molecular weight is 428 g/mol. The van der Waals surface area contributed by atoms with E-state index in [9.17, 15) is 14.4 Å². The van der Waals surface area contributed by atoms with Gasteiger partial charge in [-0.3, -0.25) is 19.1 Å². The summed E-state index contributed by atoms with van der Waals surface area (Å²) in [6.45, 7) is 0.720. The quantitative estimate of drug-likeness (QED) is 0.452. The molecule has 162 valence electrons. The van der Waals surface area contributed by atoms with Crippen LogP contribution in [0.25, 0.3) is 10.9 Å². The van der Waals surface area contributed by atoms with Gasteiger partial charge in [-0.1, -0.05) is 72.8 Å². The first-order valence-electron chi connectivity index (χ1n) is 10.7. The molecule has 1 aromatic heterocycles. The van der Waals surface area contributed by atoms with Crippen LogP contribution < -0.4 is 16.6 Å². The molecule has 4 aromatic rings. The summed E-state index contributed by atoms with van der Waals surface area (Å²) < 4.78 is 1.44. The van der Waals surface area contributed by atoms with Crippen molar-refractivity contribution < 1.29 is 4.79 Å². The highest BCUT2D eigenvalue weighted by Gasteiger charge is 2.14. The van der Waals surface area contributed by atoms with Gasteiger partial charge in [-0.25, -0.2) is 4.79 Å². The molecule has 0 saturated heterocycles. The molecule has 0 fully saturated rings. The Balaban J connectivity index is 1.40. The number of hydrogen-bond donors (Lipinski definition) is 2. The van der Waals surface area contributed by atoms with Crippen molar-refractivity contribution in [2.45, 2.75) is 25.3 Å². The molecule has 6 nitrogen and oxygen atoms in total. The number of nitrogens with zero attached hydrogens (tertiary/aromatic N) is 1. The topological polar surface area (TPSA) is 84.0 Å². The van der Waals surface area contributed by atoms with E-state index in [-0.39, 0.29) is 24.8 Å². The summed E-state index contributed by atoms with van der Waals surface area (Å²) in [6.07, 6.45) is 0.915. The highest BCUT2D eigenvalue weighted by atomic mass is 16.2. The Bertz CT molecular complexity index is 1270. The number of fused-ring (bicyclic) bond motifs is 1. The van der Waals surface area contributed by atoms with Crippen LogP contribution in [0.5, 0.6) is 0 Å². The minimum Gasteiger partial charge on any atom is -0.356 e. The number of benzene rings is 3. The minimum atomic E-state index is -0.505. The molecule has 0 aliphatic rings. The van der Waals surface area contributed by atoms with Gasteiger partial charge in [0.1, 0.15) is 0 Å². The number of rotatable bonds is 8. The molecule has 0 radical (unpaired) electrons. The van der Waals surface area contributed by atoms with Crippen LogP contribution in [0.1, 0.15) is 29.9 Å². The van der Waals surface area contributed by atoms with Gasteiger partial charge in [0.2, 0.25) is 5.91 Å². The van der Waals surface area contributed by atoms with Gasteiger partial charge >= 0.3 is 5.69 Å². The molecular formula is C26H25N3O3. The lowest BCUT2D eigenvalue weighted by molar-refractivity contribution is -0.121. The van der Waals surface area contributed by atoms with E-state index < -0.39 is 11.2 Å². The van der Waals surface area contributed by atoms with Crippen LogP contribution in [-0.2, 0) is 11.3 Å². The molecule has 0 spiro atoms. The Morgan fingerprint density at radius 1 is 0.844 bits per heavy atom. The third kappa shape index (κ3) is 4.86. The van der Waals surface area contributed by atoms with Crippen molar-refractivity contribution in [3.63, 3.8) is 0 Å². The summed E-state index contributed by atoms with van der Waals surface area (Å²) in [5.41, 5.74) is 2.02. The molecule has 0 unspecified atom stereocenters. The minimum absolute atomic E-state index is 0.132. The monoisotopic (exact) mass is 427 g/mol. The SMILES string of the molecule is O=C(CCn1c(=O)[nH]c(=O)c2ccccc21)NCCC(c1ccccc1)c1ccccc1. The van der Waals surface area contributed by atoms with Gasteiger partial charge in [0.05, 0.1) is 10.9 Å². The van der Waals surface area contributed by atoms with Crippen molar-refractivity contribution in [1.82, 2.24) is 14.9 Å². The fourth-order valence-electron chi connectivity index (χ4n) is 4.02. The third-order valence-electron chi connectivity index (χ3n) is 5.63. The molecular weight excluding hydrogens is 402 g/mol. The molecule has 0 aliphatic heterocycles. The summed E-state index contributed by atoms with van der Waals surface area (Å²) in [5.74, 6) is 0.0514. The molecule has 3 aromatic carbocycles. The second-order valence-electron chi connectivity index (χ2n) is 7.69. The van der Waals surface area contributed by atoms with E-state index in [0.29, 0.717) is 17.4 Å². The van der Waals surface area contributed by atoms with Crippen molar-refractivity contribution in [3.05, 3.63) is 117 Å². The summed E-state index contributed by atoms with van der Waals surface area (Å²) in [6, 6.07) is 27.4. The first-order chi connectivity index (χ1) is 15.6. The third-order valence-corrected chi connectivity index (χ3v) is 5.63. The standard InChI is InChI=1S/C26H25N3O3/c30-24(16-18-29-23-14-8-7-13-22(23)25(31)28-26(29)32)27-17-15-21(19-9-3-1-4-10-19)20-11-5-2-6-12-20/h1-14,21H,15-18H2,(H,27,30)(H,28,31,32). The fourth-order valence-corrected chi connectivity index (χ4v) is 4.02. The van der Waals surface area contributed by atoms with Gasteiger partial charge in [0.25, 0.3) is 5.56 Å². The highest BCUT2D eigenvalue weighted by Crippen LogP contribution is 2.27. The lowest BCUT2D eigenvalue weighted by atomic mass is 9.88. The maximum atomic E-state index is 12.5. The maximum Gasteiger partial charge on any atom is 0.328 e.